The molecule has 55 heavy (non-hydrogen) atoms. The lowest BCUT2D eigenvalue weighted by Gasteiger charge is -2.23. The first-order valence-electron chi connectivity index (χ1n) is 18.6. The van der Waals surface area contributed by atoms with Crippen LogP contribution in [0.4, 0.5) is 11.6 Å². The smallest absolute Gasteiger partial charge is 0.262 e. The quantitative estimate of drug-likeness (QED) is 0.126. The Bertz CT molecular complexity index is 2500. The van der Waals surface area contributed by atoms with E-state index in [1.807, 2.05) is 62.4 Å². The van der Waals surface area contributed by atoms with E-state index in [2.05, 4.69) is 67.5 Å². The number of benzene rings is 2. The molecule has 4 aromatic heterocycles. The summed E-state index contributed by atoms with van der Waals surface area (Å²) in [6.45, 7) is 18.9. The molecule has 6 aromatic rings. The molecule has 6 heterocycles. The third-order valence-corrected chi connectivity index (χ3v) is 9.45. The van der Waals surface area contributed by atoms with E-state index in [1.54, 1.807) is 0 Å². The van der Waals surface area contributed by atoms with E-state index in [9.17, 15) is 14.4 Å². The zero-order valence-electron chi connectivity index (χ0n) is 32.9. The van der Waals surface area contributed by atoms with Crippen molar-refractivity contribution in [3.05, 3.63) is 82.4 Å². The Morgan fingerprint density at radius 1 is 0.691 bits per heavy atom. The van der Waals surface area contributed by atoms with Crippen LogP contribution in [-0.2, 0) is 17.6 Å². The average Bonchev–Trinajstić information content (AvgIpc) is 3.74. The number of nitrogens with zero attached hydrogens (tertiary/aromatic N) is 5. The summed E-state index contributed by atoms with van der Waals surface area (Å²) in [7, 11) is 0. The standard InChI is InChI=1S/C22H25N5O2.C20H23N5O/c1-12-20(26-22(3,4)5)25-19-14(7-6-8-17(19)23-12)18-11-15-16(24-18)9-10-27(13(2)28)21(15)29;1-11-18(25-20(2,3)4)24-17-12(6-5-7-15(17)22-11)16-10-13-14(23-16)8-9-21-19(13)26/h6-8,11,24H,9-10H2,1-5H3,(H,25,26);5-7,10,23H,8-9H2,1-4H3,(H,21,26)(H,24,25). The molecular formula is C42H48N10O3. The highest BCUT2D eigenvalue weighted by atomic mass is 16.2. The van der Waals surface area contributed by atoms with Gasteiger partial charge in [-0.15, -0.1) is 0 Å². The van der Waals surface area contributed by atoms with Gasteiger partial charge in [-0.3, -0.25) is 19.3 Å². The predicted molar refractivity (Wildman–Crippen MR) is 216 cm³/mol. The van der Waals surface area contributed by atoms with Gasteiger partial charge in [-0.25, -0.2) is 19.9 Å². The number of carbonyl (C=O) groups is 3. The second-order valence-corrected chi connectivity index (χ2v) is 16.3. The van der Waals surface area contributed by atoms with Crippen LogP contribution in [-0.4, -0.2) is 76.7 Å². The molecule has 0 saturated heterocycles. The molecule has 0 unspecified atom stereocenters. The Labute approximate surface area is 320 Å². The number of hydrogen-bond acceptors (Lipinski definition) is 9. The predicted octanol–water partition coefficient (Wildman–Crippen LogP) is 7.12. The normalized spacial score (nSPS) is 14.2. The fraction of sp³-hybridized carbons (Fsp3) is 0.357. The van der Waals surface area contributed by atoms with Gasteiger partial charge in [0.2, 0.25) is 5.91 Å². The maximum absolute atomic E-state index is 12.7. The van der Waals surface area contributed by atoms with Crippen molar-refractivity contribution in [3.8, 4) is 22.5 Å². The van der Waals surface area contributed by atoms with Crippen molar-refractivity contribution in [2.24, 2.45) is 0 Å². The summed E-state index contributed by atoms with van der Waals surface area (Å²) >= 11 is 0. The zero-order chi connectivity index (χ0) is 39.4. The highest BCUT2D eigenvalue weighted by molar-refractivity contribution is 6.07. The van der Waals surface area contributed by atoms with E-state index in [1.165, 1.54) is 11.8 Å². The first kappa shape index (κ1) is 37.2. The van der Waals surface area contributed by atoms with Gasteiger partial charge in [-0.1, -0.05) is 24.3 Å². The van der Waals surface area contributed by atoms with Crippen molar-refractivity contribution in [1.82, 2.24) is 40.1 Å². The number of nitrogens with one attached hydrogen (secondary N) is 5. The largest absolute Gasteiger partial charge is 0.364 e. The van der Waals surface area contributed by atoms with Crippen LogP contribution < -0.4 is 16.0 Å². The Kier molecular flexibility index (Phi) is 9.44. The SMILES string of the molecule is CC(=O)N1CCc2[nH]c(-c3cccc4nc(C)c(NC(C)(C)C)nc34)cc2C1=O.Cc1nc2cccc(-c3cc4c([nH]3)CCNC4=O)c2nc1NC(C)(C)C. The van der Waals surface area contributed by atoms with Crippen molar-refractivity contribution in [2.75, 3.05) is 23.7 Å². The summed E-state index contributed by atoms with van der Waals surface area (Å²) in [5, 5.41) is 9.73. The number of amides is 3. The number of para-hydroxylation sites is 2. The van der Waals surface area contributed by atoms with E-state index >= 15 is 0 Å². The van der Waals surface area contributed by atoms with Crippen LogP contribution in [0, 0.1) is 13.8 Å². The lowest BCUT2D eigenvalue weighted by Crippen LogP contribution is -2.40. The van der Waals surface area contributed by atoms with Crippen LogP contribution >= 0.6 is 0 Å². The first-order chi connectivity index (χ1) is 26.0. The van der Waals surface area contributed by atoms with Gasteiger partial charge in [-0.05, 0) is 79.7 Å². The number of fused-ring (bicyclic) bond motifs is 4. The van der Waals surface area contributed by atoms with Gasteiger partial charge < -0.3 is 25.9 Å². The van der Waals surface area contributed by atoms with E-state index < -0.39 is 0 Å². The molecule has 5 N–H and O–H groups in total. The van der Waals surface area contributed by atoms with Gasteiger partial charge in [0.05, 0.1) is 33.5 Å². The van der Waals surface area contributed by atoms with Crippen molar-refractivity contribution in [1.29, 1.82) is 0 Å². The summed E-state index contributed by atoms with van der Waals surface area (Å²) in [4.78, 5) is 63.7. The first-order valence-corrected chi connectivity index (χ1v) is 18.6. The summed E-state index contributed by atoms with van der Waals surface area (Å²) < 4.78 is 0. The average molecular weight is 741 g/mol. The maximum Gasteiger partial charge on any atom is 0.262 e. The van der Waals surface area contributed by atoms with Gasteiger partial charge in [0.15, 0.2) is 0 Å². The zero-order valence-corrected chi connectivity index (χ0v) is 32.9. The van der Waals surface area contributed by atoms with Crippen LogP contribution in [0.2, 0.25) is 0 Å². The summed E-state index contributed by atoms with van der Waals surface area (Å²) in [5.74, 6) is 1.02. The molecule has 0 bridgehead atoms. The fourth-order valence-electron chi connectivity index (χ4n) is 6.95. The van der Waals surface area contributed by atoms with Gasteiger partial charge >= 0.3 is 0 Å². The molecular weight excluding hydrogens is 693 g/mol. The van der Waals surface area contributed by atoms with Crippen LogP contribution in [0.3, 0.4) is 0 Å². The van der Waals surface area contributed by atoms with Crippen molar-refractivity contribution >= 4 is 51.4 Å². The molecule has 13 heteroatoms. The topological polar surface area (TPSA) is 174 Å². The molecule has 8 rings (SSSR count). The maximum atomic E-state index is 12.7. The van der Waals surface area contributed by atoms with Gasteiger partial charge in [0, 0.05) is 77.8 Å². The lowest BCUT2D eigenvalue weighted by molar-refractivity contribution is -0.126. The summed E-state index contributed by atoms with van der Waals surface area (Å²) in [6, 6.07) is 15.5. The molecule has 0 radical (unpaired) electrons. The van der Waals surface area contributed by atoms with Gasteiger partial charge in [-0.2, -0.15) is 0 Å². The minimum Gasteiger partial charge on any atom is -0.364 e. The number of aromatic nitrogens is 6. The molecule has 2 aromatic carbocycles. The van der Waals surface area contributed by atoms with E-state index in [-0.39, 0.29) is 28.8 Å². The molecule has 284 valence electrons. The number of rotatable bonds is 4. The minimum absolute atomic E-state index is 0.0222. The molecule has 2 aliphatic heterocycles. The second-order valence-electron chi connectivity index (χ2n) is 16.3. The Hall–Kier alpha value is -6.11. The Morgan fingerprint density at radius 2 is 1.18 bits per heavy atom. The molecule has 0 spiro atoms. The van der Waals surface area contributed by atoms with Gasteiger partial charge in [0.25, 0.3) is 11.8 Å². The van der Waals surface area contributed by atoms with Crippen molar-refractivity contribution < 1.29 is 14.4 Å². The number of anilines is 2. The number of imide groups is 1. The minimum atomic E-state index is -0.251. The van der Waals surface area contributed by atoms with Crippen LogP contribution in [0.1, 0.15) is 92.0 Å². The van der Waals surface area contributed by atoms with E-state index in [0.29, 0.717) is 25.1 Å². The van der Waals surface area contributed by atoms with Crippen LogP contribution in [0.15, 0.2) is 48.5 Å². The van der Waals surface area contributed by atoms with Gasteiger partial charge in [0.1, 0.15) is 22.7 Å². The van der Waals surface area contributed by atoms with Crippen molar-refractivity contribution in [3.63, 3.8) is 0 Å². The van der Waals surface area contributed by atoms with E-state index in [0.717, 1.165) is 91.0 Å². The number of aryl methyl sites for hydroxylation is 2. The Balaban J connectivity index is 0.000000170. The fourth-order valence-corrected chi connectivity index (χ4v) is 6.95. The second kappa shape index (κ2) is 13.9. The molecule has 13 nitrogen and oxygen atoms in total. The van der Waals surface area contributed by atoms with Crippen LogP contribution in [0.5, 0.6) is 0 Å². The molecule has 3 amide bonds. The third-order valence-electron chi connectivity index (χ3n) is 9.45. The number of H-pyrrole nitrogens is 2. The number of aromatic amines is 2. The molecule has 0 aliphatic carbocycles. The highest BCUT2D eigenvalue weighted by Gasteiger charge is 2.30. The molecule has 0 fully saturated rings. The summed E-state index contributed by atoms with van der Waals surface area (Å²) in [5.41, 5.74) is 11.3. The molecule has 0 atom stereocenters. The molecule has 0 saturated carbocycles. The highest BCUT2D eigenvalue weighted by Crippen LogP contribution is 2.33. The van der Waals surface area contributed by atoms with Crippen LogP contribution in [0.25, 0.3) is 44.6 Å². The van der Waals surface area contributed by atoms with E-state index in [4.69, 9.17) is 19.9 Å². The van der Waals surface area contributed by atoms with Crippen molar-refractivity contribution in [2.45, 2.75) is 86.2 Å². The third kappa shape index (κ3) is 7.64. The summed E-state index contributed by atoms with van der Waals surface area (Å²) in [6.07, 6.45) is 1.43. The molecule has 2 aliphatic rings. The monoisotopic (exact) mass is 740 g/mol. The lowest BCUT2D eigenvalue weighted by atomic mass is 10.1. The Morgan fingerprint density at radius 3 is 1.65 bits per heavy atom. The number of hydrogen-bond donors (Lipinski definition) is 5. The number of carbonyl (C=O) groups excluding carboxylic acids is 3.